The van der Waals surface area contributed by atoms with Gasteiger partial charge in [-0.05, 0) is 23.9 Å². The van der Waals surface area contributed by atoms with E-state index in [0.29, 0.717) is 16.7 Å². The maximum atomic E-state index is 12.0. The van der Waals surface area contributed by atoms with Gasteiger partial charge in [0.2, 0.25) is 5.91 Å². The minimum atomic E-state index is -0.822. The van der Waals surface area contributed by atoms with Crippen molar-refractivity contribution in [3.8, 4) is 0 Å². The normalized spacial score (nSPS) is 16.4. The Balaban J connectivity index is 2.36. The number of thioether (sulfide) groups is 1. The first-order valence-corrected chi connectivity index (χ1v) is 6.96. The molecule has 1 aromatic carbocycles. The number of imide groups is 1. The number of nitrogens with zero attached hydrogens (tertiary/aromatic N) is 2. The van der Waals surface area contributed by atoms with E-state index in [2.05, 4.69) is 0 Å². The Bertz CT molecular complexity index is 733. The summed E-state index contributed by atoms with van der Waals surface area (Å²) in [6.45, 7) is -0.523. The zero-order valence-electron chi connectivity index (χ0n) is 10.8. The van der Waals surface area contributed by atoms with Crippen molar-refractivity contribution in [2.75, 3.05) is 6.54 Å². The van der Waals surface area contributed by atoms with Gasteiger partial charge in [0.25, 0.3) is 16.8 Å². The van der Waals surface area contributed by atoms with E-state index in [0.717, 1.165) is 0 Å². The SMILES string of the molecule is NC(=O)CN1C(=O)S/C(=C\c2cc([N+](=O)[O-])ccc2Cl)C1=O. The number of nitrogens with two attached hydrogens (primary N) is 1. The molecule has 114 valence electrons. The van der Waals surface area contributed by atoms with Crippen molar-refractivity contribution in [2.45, 2.75) is 0 Å². The Labute approximate surface area is 133 Å². The number of primary amides is 1. The van der Waals surface area contributed by atoms with Gasteiger partial charge in [-0.2, -0.15) is 0 Å². The average molecular weight is 342 g/mol. The molecule has 2 rings (SSSR count). The summed E-state index contributed by atoms with van der Waals surface area (Å²) in [7, 11) is 0. The first-order chi connectivity index (χ1) is 10.3. The molecule has 1 heterocycles. The summed E-state index contributed by atoms with van der Waals surface area (Å²) in [5.41, 5.74) is 4.98. The van der Waals surface area contributed by atoms with Gasteiger partial charge in [0.15, 0.2) is 0 Å². The van der Waals surface area contributed by atoms with Gasteiger partial charge in [-0.3, -0.25) is 29.4 Å². The zero-order valence-corrected chi connectivity index (χ0v) is 12.4. The lowest BCUT2D eigenvalue weighted by Gasteiger charge is -2.08. The number of nitro benzene ring substituents is 1. The number of amides is 3. The molecule has 0 aromatic heterocycles. The number of hydrogen-bond donors (Lipinski definition) is 1. The standard InChI is InChI=1S/C12H8ClN3O5S/c13-8-2-1-7(16(20)21)3-6(8)4-9-11(18)15(5-10(14)17)12(19)22-9/h1-4H,5H2,(H2,14,17)/b9-4-. The third-order valence-corrected chi connectivity index (χ3v) is 3.92. The van der Waals surface area contributed by atoms with Gasteiger partial charge in [-0.15, -0.1) is 0 Å². The molecule has 0 saturated carbocycles. The van der Waals surface area contributed by atoms with Crippen LogP contribution in [0.4, 0.5) is 10.5 Å². The molecular formula is C12H8ClN3O5S. The van der Waals surface area contributed by atoms with Gasteiger partial charge in [0, 0.05) is 22.7 Å². The van der Waals surface area contributed by atoms with E-state index < -0.39 is 28.5 Å². The summed E-state index contributed by atoms with van der Waals surface area (Å²) in [4.78, 5) is 45.4. The molecule has 0 atom stereocenters. The van der Waals surface area contributed by atoms with E-state index >= 15 is 0 Å². The molecule has 10 heteroatoms. The summed E-state index contributed by atoms with van der Waals surface area (Å²) >= 11 is 6.53. The molecule has 0 aliphatic carbocycles. The smallest absolute Gasteiger partial charge is 0.294 e. The van der Waals surface area contributed by atoms with Gasteiger partial charge < -0.3 is 5.73 Å². The molecule has 1 aromatic rings. The van der Waals surface area contributed by atoms with Crippen LogP contribution in [-0.2, 0) is 9.59 Å². The fraction of sp³-hybridized carbons (Fsp3) is 0.0833. The summed E-state index contributed by atoms with van der Waals surface area (Å²) in [6, 6.07) is 3.72. The van der Waals surface area contributed by atoms with Crippen LogP contribution in [0.5, 0.6) is 0 Å². The fourth-order valence-electron chi connectivity index (χ4n) is 1.69. The largest absolute Gasteiger partial charge is 0.368 e. The number of carbonyl (C=O) groups is 3. The number of benzene rings is 1. The molecule has 2 N–H and O–H groups in total. The minimum absolute atomic E-state index is 0.00801. The third kappa shape index (κ3) is 3.26. The van der Waals surface area contributed by atoms with Crippen LogP contribution in [0.2, 0.25) is 5.02 Å². The number of non-ortho nitro benzene ring substituents is 1. The van der Waals surface area contributed by atoms with E-state index in [1.54, 1.807) is 0 Å². The number of rotatable bonds is 4. The summed E-state index contributed by atoms with van der Waals surface area (Å²) in [5.74, 6) is -1.52. The minimum Gasteiger partial charge on any atom is -0.368 e. The van der Waals surface area contributed by atoms with Crippen molar-refractivity contribution in [2.24, 2.45) is 5.73 Å². The summed E-state index contributed by atoms with van der Waals surface area (Å²) in [6.07, 6.45) is 1.27. The first kappa shape index (κ1) is 16.0. The van der Waals surface area contributed by atoms with Gasteiger partial charge in [0.05, 0.1) is 9.83 Å². The highest BCUT2D eigenvalue weighted by Gasteiger charge is 2.36. The molecule has 8 nitrogen and oxygen atoms in total. The highest BCUT2D eigenvalue weighted by molar-refractivity contribution is 8.18. The van der Waals surface area contributed by atoms with Crippen LogP contribution in [0.1, 0.15) is 5.56 Å². The lowest BCUT2D eigenvalue weighted by atomic mass is 10.2. The van der Waals surface area contributed by atoms with Gasteiger partial charge in [0.1, 0.15) is 6.54 Å². The highest BCUT2D eigenvalue weighted by Crippen LogP contribution is 2.34. The second-order valence-corrected chi connectivity index (χ2v) is 5.60. The Kier molecular flexibility index (Phi) is 4.48. The molecule has 22 heavy (non-hydrogen) atoms. The van der Waals surface area contributed by atoms with Crippen molar-refractivity contribution in [1.29, 1.82) is 0 Å². The molecule has 0 spiro atoms. The lowest BCUT2D eigenvalue weighted by molar-refractivity contribution is -0.384. The molecule has 1 aliphatic rings. The number of halogens is 1. The van der Waals surface area contributed by atoms with Gasteiger partial charge >= 0.3 is 0 Å². The van der Waals surface area contributed by atoms with Gasteiger partial charge in [-0.25, -0.2) is 0 Å². The molecule has 1 fully saturated rings. The first-order valence-electron chi connectivity index (χ1n) is 5.77. The summed E-state index contributed by atoms with van der Waals surface area (Å²) in [5, 5.41) is 10.3. The van der Waals surface area contributed by atoms with Crippen LogP contribution < -0.4 is 5.73 Å². The maximum Gasteiger partial charge on any atom is 0.294 e. The monoisotopic (exact) mass is 341 g/mol. The van der Waals surface area contributed by atoms with E-state index in [-0.39, 0.29) is 21.2 Å². The van der Waals surface area contributed by atoms with E-state index in [9.17, 15) is 24.5 Å². The van der Waals surface area contributed by atoms with E-state index in [4.69, 9.17) is 17.3 Å². The topological polar surface area (TPSA) is 124 Å². The van der Waals surface area contributed by atoms with E-state index in [1.165, 1.54) is 24.3 Å². The van der Waals surface area contributed by atoms with Crippen LogP contribution in [0.15, 0.2) is 23.1 Å². The number of carbonyl (C=O) groups excluding carboxylic acids is 3. The Morgan fingerprint density at radius 3 is 2.73 bits per heavy atom. The molecule has 0 unspecified atom stereocenters. The lowest BCUT2D eigenvalue weighted by Crippen LogP contribution is -2.36. The molecular weight excluding hydrogens is 334 g/mol. The van der Waals surface area contributed by atoms with Crippen LogP contribution in [0.25, 0.3) is 6.08 Å². The number of nitro groups is 1. The van der Waals surface area contributed by atoms with Crippen LogP contribution in [0, 0.1) is 10.1 Å². The Morgan fingerprint density at radius 1 is 1.45 bits per heavy atom. The maximum absolute atomic E-state index is 12.0. The summed E-state index contributed by atoms with van der Waals surface area (Å²) < 4.78 is 0. The second kappa shape index (κ2) is 6.16. The second-order valence-electron chi connectivity index (χ2n) is 4.20. The van der Waals surface area contributed by atoms with Crippen molar-refractivity contribution in [3.63, 3.8) is 0 Å². The molecule has 0 radical (unpaired) electrons. The quantitative estimate of drug-likeness (QED) is 0.505. The van der Waals surface area contributed by atoms with Crippen molar-refractivity contribution >= 4 is 52.2 Å². The third-order valence-electron chi connectivity index (χ3n) is 2.66. The average Bonchev–Trinajstić information content (AvgIpc) is 2.68. The number of hydrogen-bond acceptors (Lipinski definition) is 6. The van der Waals surface area contributed by atoms with E-state index in [1.807, 2.05) is 0 Å². The molecule has 0 bridgehead atoms. The predicted molar refractivity (Wildman–Crippen MR) is 80.0 cm³/mol. The van der Waals surface area contributed by atoms with Crippen molar-refractivity contribution in [3.05, 3.63) is 43.8 Å². The van der Waals surface area contributed by atoms with Crippen molar-refractivity contribution < 1.29 is 19.3 Å². The zero-order chi connectivity index (χ0) is 16.4. The fourth-order valence-corrected chi connectivity index (χ4v) is 2.69. The van der Waals surface area contributed by atoms with Crippen molar-refractivity contribution in [1.82, 2.24) is 4.90 Å². The van der Waals surface area contributed by atoms with Gasteiger partial charge in [-0.1, -0.05) is 11.6 Å². The van der Waals surface area contributed by atoms with Crippen LogP contribution in [0.3, 0.4) is 0 Å². The highest BCUT2D eigenvalue weighted by atomic mass is 35.5. The Hall–Kier alpha value is -2.39. The van der Waals surface area contributed by atoms with Crippen LogP contribution >= 0.6 is 23.4 Å². The molecule has 1 saturated heterocycles. The molecule has 3 amide bonds. The van der Waals surface area contributed by atoms with Crippen LogP contribution in [-0.4, -0.2) is 33.4 Å². The Morgan fingerprint density at radius 2 is 2.14 bits per heavy atom. The predicted octanol–water partition coefficient (Wildman–Crippen LogP) is 1.77. The molecule has 1 aliphatic heterocycles.